The van der Waals surface area contributed by atoms with Crippen molar-refractivity contribution >= 4 is 51.2 Å². The average Bonchev–Trinajstić information content (AvgIpc) is 3.61. The first-order valence-electron chi connectivity index (χ1n) is 11.3. The van der Waals surface area contributed by atoms with Crippen LogP contribution in [0.15, 0.2) is 56.0 Å². The lowest BCUT2D eigenvalue weighted by Crippen LogP contribution is -3.00. The van der Waals surface area contributed by atoms with E-state index in [0.717, 1.165) is 37.8 Å². The van der Waals surface area contributed by atoms with Gasteiger partial charge >= 0.3 is 6.18 Å². The van der Waals surface area contributed by atoms with E-state index < -0.39 is 11.9 Å². The van der Waals surface area contributed by atoms with E-state index in [1.165, 1.54) is 34.3 Å². The number of alkyl halides is 3. The summed E-state index contributed by atoms with van der Waals surface area (Å²) < 4.78 is 48.7. The molecule has 1 aliphatic heterocycles. The van der Waals surface area contributed by atoms with Gasteiger partial charge in [0.05, 0.1) is 17.1 Å². The average molecular weight is 586 g/mol. The topological polar surface area (TPSA) is 42.3 Å². The summed E-state index contributed by atoms with van der Waals surface area (Å²) in [5, 5.41) is 3.58. The van der Waals surface area contributed by atoms with Crippen LogP contribution in [-0.4, -0.2) is 11.6 Å². The Morgan fingerprint density at radius 1 is 1.16 bits per heavy atom. The molecule has 0 radical (unpaired) electrons. The molecular weight excluding hydrogens is 563 g/mol. The molecule has 4 aromatic rings. The van der Waals surface area contributed by atoms with Crippen molar-refractivity contribution in [2.75, 3.05) is 11.9 Å². The van der Waals surface area contributed by atoms with Gasteiger partial charge in [0.1, 0.15) is 14.2 Å². The van der Waals surface area contributed by atoms with Crippen molar-refractivity contribution in [1.82, 2.24) is 4.57 Å². The number of nitrogens with zero attached hydrogens (tertiary/aromatic N) is 3. The van der Waals surface area contributed by atoms with Crippen LogP contribution in [0.1, 0.15) is 35.9 Å². The maximum Gasteiger partial charge on any atom is 0.449 e. The number of thiazole rings is 2. The highest BCUT2D eigenvalue weighted by molar-refractivity contribution is 8.08. The molecule has 0 N–H and O–H groups in total. The van der Waals surface area contributed by atoms with E-state index in [1.807, 2.05) is 30.0 Å². The fourth-order valence-electron chi connectivity index (χ4n) is 4.04. The number of anilines is 1. The lowest BCUT2D eigenvalue weighted by atomic mass is 10.1. The van der Waals surface area contributed by atoms with E-state index in [1.54, 1.807) is 22.5 Å². The van der Waals surface area contributed by atoms with Gasteiger partial charge in [0.25, 0.3) is 10.6 Å². The van der Waals surface area contributed by atoms with Crippen molar-refractivity contribution in [3.8, 4) is 0 Å². The number of furan rings is 1. The van der Waals surface area contributed by atoms with E-state index in [2.05, 4.69) is 30.0 Å². The van der Waals surface area contributed by atoms with Crippen LogP contribution < -0.4 is 36.6 Å². The molecule has 0 aliphatic carbocycles. The first-order chi connectivity index (χ1) is 17.2. The van der Waals surface area contributed by atoms with Gasteiger partial charge in [-0.1, -0.05) is 36.1 Å². The summed E-state index contributed by atoms with van der Waals surface area (Å²) in [6.45, 7) is 4.71. The summed E-state index contributed by atoms with van der Waals surface area (Å²) in [5.41, 5.74) is 2.29. The van der Waals surface area contributed by atoms with Gasteiger partial charge in [0, 0.05) is 18.5 Å². The van der Waals surface area contributed by atoms with Crippen LogP contribution >= 0.6 is 34.4 Å². The highest BCUT2D eigenvalue weighted by atomic mass is 35.5. The zero-order valence-corrected chi connectivity index (χ0v) is 23.3. The Balaban J connectivity index is 0.00000320. The molecule has 0 spiro atoms. The summed E-state index contributed by atoms with van der Waals surface area (Å²) >= 11 is 4.49. The van der Waals surface area contributed by atoms with Gasteiger partial charge in [-0.25, -0.2) is 0 Å². The smallest absolute Gasteiger partial charge is 0.449 e. The summed E-state index contributed by atoms with van der Waals surface area (Å²) in [4.78, 5) is 16.6. The number of benzene rings is 1. The third-order valence-electron chi connectivity index (χ3n) is 5.95. The minimum absolute atomic E-state index is 0. The maximum atomic E-state index is 13.4. The van der Waals surface area contributed by atoms with Crippen LogP contribution in [0.3, 0.4) is 0 Å². The Morgan fingerprint density at radius 2 is 1.95 bits per heavy atom. The van der Waals surface area contributed by atoms with Gasteiger partial charge in [0.2, 0.25) is 12.3 Å². The molecule has 0 amide bonds. The second-order valence-electron chi connectivity index (χ2n) is 8.22. The second-order valence-corrected chi connectivity index (χ2v) is 11.2. The van der Waals surface area contributed by atoms with Gasteiger partial charge in [-0.15, -0.1) is 11.3 Å². The molecule has 0 atom stereocenters. The third kappa shape index (κ3) is 5.27. The zero-order chi connectivity index (χ0) is 25.6. The third-order valence-corrected chi connectivity index (χ3v) is 9.27. The maximum absolute atomic E-state index is 13.4. The number of halogens is 4. The highest BCUT2D eigenvalue weighted by Gasteiger charge is 2.35. The molecule has 5 rings (SSSR count). The molecule has 0 saturated heterocycles. The molecule has 4 heterocycles. The SMILES string of the molecule is CCc1ccc2c(c1)S/C(=c1/s/c(=C\c3scc[n+]3Cc3ccc(C(F)(F)F)o3)n(CC)c1=O)N2C.[Cl-]. The molecule has 3 aromatic heterocycles. The predicted octanol–water partition coefficient (Wildman–Crippen LogP) is 1.64. The molecule has 5 nitrogen and oxygen atoms in total. The van der Waals surface area contributed by atoms with Crippen LogP contribution in [0.4, 0.5) is 18.9 Å². The monoisotopic (exact) mass is 585 g/mol. The van der Waals surface area contributed by atoms with Crippen LogP contribution in [-0.2, 0) is 25.7 Å². The summed E-state index contributed by atoms with van der Waals surface area (Å²) in [6, 6.07) is 8.67. The Bertz CT molecular complexity index is 1620. The lowest BCUT2D eigenvalue weighted by Gasteiger charge is -2.12. The van der Waals surface area contributed by atoms with Gasteiger partial charge in [0.15, 0.2) is 12.0 Å². The van der Waals surface area contributed by atoms with Gasteiger partial charge in [-0.3, -0.25) is 9.36 Å². The standard InChI is InChI=1S/C25H23F3N3O2S3.ClH/c1-4-15-6-8-17-18(12-15)35-24(29(17)3)22-23(32)31(5-2)21(36-22)13-20-30(10-11-34-20)14-16-7-9-19(33-16)25(26,27)28;/h6-13H,4-5,14H2,1-3H3;1H/q+1;/p-1/b24-22+;. The van der Waals surface area contributed by atoms with Crippen molar-refractivity contribution in [2.24, 2.45) is 0 Å². The van der Waals surface area contributed by atoms with Crippen molar-refractivity contribution in [3.05, 3.63) is 83.5 Å². The van der Waals surface area contributed by atoms with E-state index in [-0.39, 0.29) is 30.3 Å². The van der Waals surface area contributed by atoms with Crippen molar-refractivity contribution in [2.45, 2.75) is 44.4 Å². The largest absolute Gasteiger partial charge is 1.00 e. The van der Waals surface area contributed by atoms with Crippen LogP contribution in [0.5, 0.6) is 0 Å². The van der Waals surface area contributed by atoms with E-state index in [9.17, 15) is 18.0 Å². The van der Waals surface area contributed by atoms with E-state index in [4.69, 9.17) is 4.42 Å². The Morgan fingerprint density at radius 3 is 2.62 bits per heavy atom. The molecule has 0 saturated carbocycles. The number of hydrogen-bond donors (Lipinski definition) is 0. The summed E-state index contributed by atoms with van der Waals surface area (Å²) in [6.07, 6.45) is 0.147. The first-order valence-corrected chi connectivity index (χ1v) is 13.8. The number of aromatic nitrogens is 2. The minimum atomic E-state index is -4.52. The summed E-state index contributed by atoms with van der Waals surface area (Å²) in [7, 11) is 1.98. The van der Waals surface area contributed by atoms with Gasteiger partial charge in [-0.05, 0) is 43.2 Å². The number of aryl methyl sites for hydroxylation is 1. The van der Waals surface area contributed by atoms with E-state index in [0.29, 0.717) is 11.1 Å². The van der Waals surface area contributed by atoms with Crippen LogP contribution in [0.2, 0.25) is 0 Å². The van der Waals surface area contributed by atoms with Crippen molar-refractivity contribution in [1.29, 1.82) is 0 Å². The fraction of sp³-hybridized carbons (Fsp3) is 0.280. The quantitative estimate of drug-likeness (QED) is 0.334. The lowest BCUT2D eigenvalue weighted by molar-refractivity contribution is -0.686. The number of hydrogen-bond acceptors (Lipinski definition) is 6. The minimum Gasteiger partial charge on any atom is -1.00 e. The molecule has 12 heteroatoms. The Hall–Kier alpha value is -2.47. The molecule has 0 unspecified atom stereocenters. The second kappa shape index (κ2) is 10.7. The number of fused-ring (bicyclic) bond motifs is 1. The van der Waals surface area contributed by atoms with Crippen LogP contribution in [0, 0.1) is 0 Å². The van der Waals surface area contributed by atoms with Gasteiger partial charge in [-0.2, -0.15) is 17.7 Å². The highest BCUT2D eigenvalue weighted by Crippen LogP contribution is 2.45. The molecule has 0 fully saturated rings. The Kier molecular flexibility index (Phi) is 7.99. The summed E-state index contributed by atoms with van der Waals surface area (Å²) in [5.74, 6) is -0.798. The first kappa shape index (κ1) is 27.6. The van der Waals surface area contributed by atoms with Gasteiger partial charge < -0.3 is 21.7 Å². The molecule has 196 valence electrons. The number of thioether (sulfide) groups is 1. The molecule has 0 bridgehead atoms. The molecular formula is C25H23ClF3N3O2S3. The van der Waals surface area contributed by atoms with Crippen LogP contribution in [0.25, 0.3) is 11.1 Å². The molecule has 1 aliphatic rings. The van der Waals surface area contributed by atoms with Crippen molar-refractivity contribution < 1.29 is 34.6 Å². The normalized spacial score (nSPS) is 15.3. The number of rotatable bonds is 5. The van der Waals surface area contributed by atoms with Crippen molar-refractivity contribution in [3.63, 3.8) is 0 Å². The van der Waals surface area contributed by atoms with E-state index >= 15 is 0 Å². The predicted molar refractivity (Wildman–Crippen MR) is 138 cm³/mol. The molecule has 1 aromatic carbocycles. The Labute approximate surface area is 229 Å². The fourth-order valence-corrected chi connectivity index (χ4v) is 7.42. The molecule has 37 heavy (non-hydrogen) atoms. The zero-order valence-electron chi connectivity index (χ0n) is 20.1.